The van der Waals surface area contributed by atoms with Gasteiger partial charge in [0.05, 0.1) is 12.8 Å². The molecule has 1 N–H and O–H groups in total. The zero-order valence-electron chi connectivity index (χ0n) is 13.0. The van der Waals surface area contributed by atoms with E-state index >= 15 is 0 Å². The summed E-state index contributed by atoms with van der Waals surface area (Å²) in [6.07, 6.45) is 2.37. The number of nitrogens with one attached hydrogen (secondary N) is 1. The van der Waals surface area contributed by atoms with Gasteiger partial charge in [-0.3, -0.25) is 10.1 Å². The van der Waals surface area contributed by atoms with Crippen molar-refractivity contribution < 1.29 is 14.1 Å². The normalized spacial score (nSPS) is 13.7. The quantitative estimate of drug-likeness (QED) is 0.760. The van der Waals surface area contributed by atoms with Crippen LogP contribution in [-0.4, -0.2) is 23.2 Å². The lowest BCUT2D eigenvalue weighted by Gasteiger charge is -1.99. The van der Waals surface area contributed by atoms with Crippen molar-refractivity contribution in [3.63, 3.8) is 0 Å². The minimum atomic E-state index is -0.324. The summed E-state index contributed by atoms with van der Waals surface area (Å²) in [5.41, 5.74) is 2.12. The molecule has 0 atom stereocenters. The van der Waals surface area contributed by atoms with Crippen LogP contribution in [0.5, 0.6) is 5.75 Å². The molecule has 122 valence electrons. The Labute approximate surface area is 142 Å². The van der Waals surface area contributed by atoms with E-state index in [4.69, 9.17) is 9.26 Å². The number of ether oxygens (including phenoxy) is 1. The van der Waals surface area contributed by atoms with Crippen LogP contribution in [0.2, 0.25) is 0 Å². The van der Waals surface area contributed by atoms with Crippen molar-refractivity contribution in [3.05, 3.63) is 47.1 Å². The van der Waals surface area contributed by atoms with E-state index in [1.165, 1.54) is 24.2 Å². The third kappa shape index (κ3) is 3.03. The summed E-state index contributed by atoms with van der Waals surface area (Å²) in [4.78, 5) is 16.7. The summed E-state index contributed by atoms with van der Waals surface area (Å²) in [6.45, 7) is 0. The first-order valence-electron chi connectivity index (χ1n) is 7.61. The average molecular weight is 341 g/mol. The molecule has 24 heavy (non-hydrogen) atoms. The lowest BCUT2D eigenvalue weighted by molar-refractivity contribution is 0.101. The molecule has 1 aromatic carbocycles. The van der Waals surface area contributed by atoms with Crippen molar-refractivity contribution in [2.24, 2.45) is 0 Å². The fourth-order valence-corrected chi connectivity index (χ4v) is 3.13. The van der Waals surface area contributed by atoms with Gasteiger partial charge in [0, 0.05) is 22.9 Å². The number of benzene rings is 1. The number of hydrogen-bond acceptors (Lipinski definition) is 6. The monoisotopic (exact) mass is 341 g/mol. The molecule has 6 nitrogen and oxygen atoms in total. The van der Waals surface area contributed by atoms with E-state index in [9.17, 15) is 4.79 Å². The molecule has 1 fully saturated rings. The number of rotatable bonds is 5. The Morgan fingerprint density at radius 1 is 1.33 bits per heavy atom. The predicted molar refractivity (Wildman–Crippen MR) is 90.5 cm³/mol. The second kappa shape index (κ2) is 6.09. The van der Waals surface area contributed by atoms with Gasteiger partial charge in [-0.2, -0.15) is 0 Å². The molecule has 0 aliphatic heterocycles. The van der Waals surface area contributed by atoms with Gasteiger partial charge in [-0.05, 0) is 37.1 Å². The minimum absolute atomic E-state index is 0.226. The molecule has 1 aliphatic carbocycles. The van der Waals surface area contributed by atoms with Gasteiger partial charge >= 0.3 is 0 Å². The molecule has 4 rings (SSSR count). The highest BCUT2D eigenvalue weighted by atomic mass is 32.1. The molecule has 3 aromatic rings. The van der Waals surface area contributed by atoms with Gasteiger partial charge in [-0.25, -0.2) is 4.98 Å². The Morgan fingerprint density at radius 3 is 2.83 bits per heavy atom. The first kappa shape index (κ1) is 14.9. The number of methoxy groups -OCH3 is 1. The van der Waals surface area contributed by atoms with Gasteiger partial charge in [0.1, 0.15) is 5.75 Å². The highest BCUT2D eigenvalue weighted by molar-refractivity contribution is 7.14. The summed E-state index contributed by atoms with van der Waals surface area (Å²) in [5, 5.41) is 9.21. The molecular formula is C17H15N3O3S. The van der Waals surface area contributed by atoms with Crippen LogP contribution in [0.4, 0.5) is 5.13 Å². The number of amides is 1. The molecule has 2 aromatic heterocycles. The maximum absolute atomic E-state index is 12.3. The molecule has 0 unspecified atom stereocenters. The maximum atomic E-state index is 12.3. The van der Waals surface area contributed by atoms with Crippen molar-refractivity contribution in [2.75, 3.05) is 12.4 Å². The van der Waals surface area contributed by atoms with E-state index in [0.717, 1.165) is 17.0 Å². The number of aromatic nitrogens is 2. The fourth-order valence-electron chi connectivity index (χ4n) is 2.34. The summed E-state index contributed by atoms with van der Waals surface area (Å²) < 4.78 is 10.4. The summed E-state index contributed by atoms with van der Waals surface area (Å²) in [7, 11) is 1.61. The van der Waals surface area contributed by atoms with E-state index < -0.39 is 0 Å². The molecule has 1 amide bonds. The van der Waals surface area contributed by atoms with Crippen LogP contribution in [-0.2, 0) is 0 Å². The summed E-state index contributed by atoms with van der Waals surface area (Å²) in [5.74, 6) is 1.53. The van der Waals surface area contributed by atoms with Crippen LogP contribution in [0, 0.1) is 0 Å². The van der Waals surface area contributed by atoms with Crippen LogP contribution < -0.4 is 10.1 Å². The molecule has 0 radical (unpaired) electrons. The first-order chi connectivity index (χ1) is 11.7. The van der Waals surface area contributed by atoms with E-state index in [1.54, 1.807) is 13.2 Å². The van der Waals surface area contributed by atoms with Crippen LogP contribution in [0.3, 0.4) is 0 Å². The maximum Gasteiger partial charge on any atom is 0.279 e. The van der Waals surface area contributed by atoms with Crippen LogP contribution in [0.1, 0.15) is 34.9 Å². The molecule has 0 spiro atoms. The Hall–Kier alpha value is -2.67. The smallest absolute Gasteiger partial charge is 0.279 e. The Bertz CT molecular complexity index is 865. The highest BCUT2D eigenvalue weighted by Gasteiger charge is 2.26. The number of hydrogen-bond donors (Lipinski definition) is 1. The third-order valence-electron chi connectivity index (χ3n) is 3.86. The van der Waals surface area contributed by atoms with Gasteiger partial charge in [0.25, 0.3) is 5.91 Å². The number of carbonyl (C=O) groups is 1. The Balaban J connectivity index is 1.47. The zero-order chi connectivity index (χ0) is 16.5. The van der Waals surface area contributed by atoms with Gasteiger partial charge in [-0.1, -0.05) is 5.16 Å². The van der Waals surface area contributed by atoms with Crippen molar-refractivity contribution in [3.8, 4) is 17.1 Å². The topological polar surface area (TPSA) is 77.2 Å². The second-order valence-electron chi connectivity index (χ2n) is 5.61. The number of anilines is 1. The standard InChI is InChI=1S/C17H15N3O3S/c1-22-12-6-4-11(5-7-12)15-8-13(20-23-15)16(21)19-17-18-14(9-24-17)10-2-3-10/h4-10H,2-3H2,1H3,(H,18,19,21). The second-order valence-corrected chi connectivity index (χ2v) is 6.47. The molecule has 2 heterocycles. The first-order valence-corrected chi connectivity index (χ1v) is 8.49. The molecule has 1 saturated carbocycles. The van der Waals surface area contributed by atoms with Gasteiger partial charge < -0.3 is 9.26 Å². The summed E-state index contributed by atoms with van der Waals surface area (Å²) in [6, 6.07) is 8.97. The van der Waals surface area contributed by atoms with Crippen molar-refractivity contribution in [1.82, 2.24) is 10.1 Å². The molecule has 1 aliphatic rings. The Kier molecular flexibility index (Phi) is 3.78. The van der Waals surface area contributed by atoms with Gasteiger partial charge in [-0.15, -0.1) is 11.3 Å². The van der Waals surface area contributed by atoms with E-state index in [0.29, 0.717) is 16.8 Å². The van der Waals surface area contributed by atoms with E-state index in [2.05, 4.69) is 15.5 Å². The SMILES string of the molecule is COc1ccc(-c2cc(C(=O)Nc3nc(C4CC4)cs3)no2)cc1. The lowest BCUT2D eigenvalue weighted by atomic mass is 10.1. The van der Waals surface area contributed by atoms with Crippen molar-refractivity contribution in [1.29, 1.82) is 0 Å². The lowest BCUT2D eigenvalue weighted by Crippen LogP contribution is -2.11. The molecule has 7 heteroatoms. The number of carbonyl (C=O) groups excluding carboxylic acids is 1. The van der Waals surface area contributed by atoms with Gasteiger partial charge in [0.2, 0.25) is 0 Å². The van der Waals surface area contributed by atoms with E-state index in [-0.39, 0.29) is 11.6 Å². The van der Waals surface area contributed by atoms with Crippen LogP contribution in [0.15, 0.2) is 40.2 Å². The van der Waals surface area contributed by atoms with Crippen LogP contribution >= 0.6 is 11.3 Å². The van der Waals surface area contributed by atoms with Crippen molar-refractivity contribution in [2.45, 2.75) is 18.8 Å². The van der Waals surface area contributed by atoms with Crippen molar-refractivity contribution >= 4 is 22.4 Å². The molecular weight excluding hydrogens is 326 g/mol. The largest absolute Gasteiger partial charge is 0.497 e. The highest BCUT2D eigenvalue weighted by Crippen LogP contribution is 2.40. The predicted octanol–water partition coefficient (Wildman–Crippen LogP) is 3.94. The minimum Gasteiger partial charge on any atom is -0.497 e. The van der Waals surface area contributed by atoms with Crippen LogP contribution in [0.25, 0.3) is 11.3 Å². The zero-order valence-corrected chi connectivity index (χ0v) is 13.8. The third-order valence-corrected chi connectivity index (χ3v) is 4.63. The summed E-state index contributed by atoms with van der Waals surface area (Å²) >= 11 is 1.43. The number of thiazole rings is 1. The Morgan fingerprint density at radius 2 is 2.12 bits per heavy atom. The average Bonchev–Trinajstić information content (AvgIpc) is 3.16. The molecule has 0 bridgehead atoms. The van der Waals surface area contributed by atoms with E-state index in [1.807, 2.05) is 29.6 Å². The fraction of sp³-hybridized carbons (Fsp3) is 0.235. The number of nitrogens with zero attached hydrogens (tertiary/aromatic N) is 2. The molecule has 0 saturated heterocycles. The van der Waals surface area contributed by atoms with Gasteiger partial charge in [0.15, 0.2) is 16.6 Å².